The van der Waals surface area contributed by atoms with Crippen LogP contribution in [0.5, 0.6) is 0 Å². The number of nitrogens with one attached hydrogen (secondary N) is 1. The van der Waals surface area contributed by atoms with Crippen LogP contribution in [-0.2, 0) is 11.2 Å². The van der Waals surface area contributed by atoms with E-state index >= 15 is 0 Å². The average molecular weight is 421 g/mol. The van der Waals surface area contributed by atoms with Gasteiger partial charge in [0.05, 0.1) is 12.7 Å². The quantitative estimate of drug-likeness (QED) is 0.655. The van der Waals surface area contributed by atoms with Crippen LogP contribution in [0, 0.1) is 5.82 Å². The molecule has 1 aliphatic rings. The van der Waals surface area contributed by atoms with Gasteiger partial charge >= 0.3 is 0 Å². The van der Waals surface area contributed by atoms with E-state index in [1.54, 1.807) is 47.5 Å². The molecule has 6 nitrogen and oxygen atoms in total. The van der Waals surface area contributed by atoms with Gasteiger partial charge in [0.25, 0.3) is 5.91 Å². The molecule has 4 rings (SSSR count). The van der Waals surface area contributed by atoms with Crippen molar-refractivity contribution >= 4 is 11.8 Å². The number of likely N-dealkylation sites (tertiary alicyclic amines) is 1. The number of benzene rings is 2. The molecule has 0 spiro atoms. The molecule has 1 N–H and O–H groups in total. The molecule has 7 heteroatoms. The third-order valence-electron chi connectivity index (χ3n) is 5.41. The van der Waals surface area contributed by atoms with Gasteiger partial charge in [-0.2, -0.15) is 0 Å². The summed E-state index contributed by atoms with van der Waals surface area (Å²) in [5, 5.41) is 2.70. The smallest absolute Gasteiger partial charge is 0.251 e. The molecule has 0 aliphatic carbocycles. The molecule has 1 fully saturated rings. The number of carbonyl (C=O) groups excluding carboxylic acids is 2. The van der Waals surface area contributed by atoms with Crippen molar-refractivity contribution in [2.75, 3.05) is 13.1 Å². The molecular formula is C24H24FN3O3. The summed E-state index contributed by atoms with van der Waals surface area (Å²) in [5.74, 6) is 0.446. The summed E-state index contributed by atoms with van der Waals surface area (Å²) < 4.78 is 19.0. The van der Waals surface area contributed by atoms with Crippen molar-refractivity contribution in [1.29, 1.82) is 0 Å². The van der Waals surface area contributed by atoms with E-state index in [2.05, 4.69) is 10.3 Å². The first-order chi connectivity index (χ1) is 15.1. The number of hydrogen-bond acceptors (Lipinski definition) is 4. The Kier molecular flexibility index (Phi) is 6.40. The molecule has 160 valence electrons. The molecule has 2 heterocycles. The number of aromatic nitrogens is 1. The van der Waals surface area contributed by atoms with Crippen LogP contribution >= 0.6 is 0 Å². The normalized spacial score (nSPS) is 16.2. The Morgan fingerprint density at radius 2 is 1.87 bits per heavy atom. The predicted molar refractivity (Wildman–Crippen MR) is 113 cm³/mol. The first kappa shape index (κ1) is 20.8. The first-order valence-electron chi connectivity index (χ1n) is 10.4. The van der Waals surface area contributed by atoms with E-state index in [9.17, 15) is 14.0 Å². The first-order valence-corrected chi connectivity index (χ1v) is 10.4. The van der Waals surface area contributed by atoms with Crippen molar-refractivity contribution in [2.24, 2.45) is 0 Å². The zero-order valence-electron chi connectivity index (χ0n) is 17.1. The minimum absolute atomic E-state index is 0.0760. The summed E-state index contributed by atoms with van der Waals surface area (Å²) in [6, 6.07) is 14.8. The van der Waals surface area contributed by atoms with Crippen molar-refractivity contribution in [1.82, 2.24) is 15.2 Å². The van der Waals surface area contributed by atoms with Crippen LogP contribution in [0.3, 0.4) is 0 Å². The van der Waals surface area contributed by atoms with Gasteiger partial charge in [0.1, 0.15) is 17.6 Å². The number of rotatable bonds is 6. The fourth-order valence-corrected chi connectivity index (χ4v) is 3.80. The van der Waals surface area contributed by atoms with Crippen molar-refractivity contribution < 1.29 is 18.4 Å². The number of piperidine rings is 1. The highest BCUT2D eigenvalue weighted by atomic mass is 19.1. The molecule has 1 aromatic heterocycles. The van der Waals surface area contributed by atoms with Crippen LogP contribution in [0.2, 0.25) is 0 Å². The fraction of sp³-hybridized carbons (Fsp3) is 0.292. The van der Waals surface area contributed by atoms with Gasteiger partial charge in [0.15, 0.2) is 0 Å². The highest BCUT2D eigenvalue weighted by Gasteiger charge is 2.31. The lowest BCUT2D eigenvalue weighted by Crippen LogP contribution is -2.44. The second-order valence-corrected chi connectivity index (χ2v) is 7.62. The largest absolute Gasteiger partial charge is 0.443 e. The van der Waals surface area contributed by atoms with E-state index in [1.165, 1.54) is 12.1 Å². The predicted octanol–water partition coefficient (Wildman–Crippen LogP) is 3.89. The Morgan fingerprint density at radius 1 is 1.10 bits per heavy atom. The van der Waals surface area contributed by atoms with E-state index in [0.29, 0.717) is 30.2 Å². The van der Waals surface area contributed by atoms with Crippen LogP contribution in [-0.4, -0.2) is 34.8 Å². The Hall–Kier alpha value is -3.48. The molecule has 31 heavy (non-hydrogen) atoms. The second kappa shape index (κ2) is 9.55. The van der Waals surface area contributed by atoms with E-state index in [0.717, 1.165) is 24.8 Å². The number of hydrogen-bond donors (Lipinski definition) is 1. The third kappa shape index (κ3) is 5.17. The number of nitrogens with zero attached hydrogens (tertiary/aromatic N) is 2. The van der Waals surface area contributed by atoms with E-state index in [-0.39, 0.29) is 30.2 Å². The summed E-state index contributed by atoms with van der Waals surface area (Å²) in [6.07, 6.45) is 4.79. The monoisotopic (exact) mass is 421 g/mol. The van der Waals surface area contributed by atoms with Crippen molar-refractivity contribution in [3.8, 4) is 0 Å². The number of carbonyl (C=O) groups is 2. The third-order valence-corrected chi connectivity index (χ3v) is 5.41. The summed E-state index contributed by atoms with van der Waals surface area (Å²) in [6.45, 7) is 0.522. The van der Waals surface area contributed by atoms with Crippen LogP contribution in [0.25, 0.3) is 0 Å². The summed E-state index contributed by atoms with van der Waals surface area (Å²) >= 11 is 0. The van der Waals surface area contributed by atoms with Gasteiger partial charge in [-0.3, -0.25) is 9.59 Å². The van der Waals surface area contributed by atoms with Gasteiger partial charge < -0.3 is 14.6 Å². The minimum atomic E-state index is -0.280. The maximum absolute atomic E-state index is 13.1. The van der Waals surface area contributed by atoms with Gasteiger partial charge in [0, 0.05) is 18.5 Å². The molecule has 1 aliphatic heterocycles. The SMILES string of the molecule is O=C(NCC(=O)N1CCCC[C@H]1c1ncc(Cc2ccc(F)cc2)o1)c1ccccc1. The number of amides is 2. The molecule has 1 atom stereocenters. The topological polar surface area (TPSA) is 75.4 Å². The van der Waals surface area contributed by atoms with Crippen molar-refractivity contribution in [3.05, 3.63) is 89.4 Å². The summed E-state index contributed by atoms with van der Waals surface area (Å²) in [4.78, 5) is 31.2. The van der Waals surface area contributed by atoms with Crippen molar-refractivity contribution in [3.63, 3.8) is 0 Å². The fourth-order valence-electron chi connectivity index (χ4n) is 3.80. The zero-order valence-corrected chi connectivity index (χ0v) is 17.1. The number of halogens is 1. The van der Waals surface area contributed by atoms with Crippen LogP contribution in [0.1, 0.15) is 52.9 Å². The maximum Gasteiger partial charge on any atom is 0.251 e. The lowest BCUT2D eigenvalue weighted by Gasteiger charge is -2.33. The molecule has 0 radical (unpaired) electrons. The molecule has 2 aromatic carbocycles. The lowest BCUT2D eigenvalue weighted by molar-refractivity contribution is -0.134. The molecule has 2 amide bonds. The molecule has 0 unspecified atom stereocenters. The van der Waals surface area contributed by atoms with Gasteiger partial charge in [-0.1, -0.05) is 30.3 Å². The van der Waals surface area contributed by atoms with E-state index < -0.39 is 0 Å². The minimum Gasteiger partial charge on any atom is -0.443 e. The van der Waals surface area contributed by atoms with Gasteiger partial charge in [-0.05, 0) is 49.1 Å². The standard InChI is InChI=1S/C24H24FN3O3/c25-19-11-9-17(10-12-19)14-20-15-27-24(31-20)21-8-4-5-13-28(21)22(29)16-26-23(30)18-6-2-1-3-7-18/h1-3,6-7,9-12,15,21H,4-5,8,13-14,16H2,(H,26,30)/t21-/m0/s1. The van der Waals surface area contributed by atoms with Crippen LogP contribution in [0.4, 0.5) is 4.39 Å². The summed E-state index contributed by atoms with van der Waals surface area (Å²) in [5.41, 5.74) is 1.44. The van der Waals surface area contributed by atoms with E-state index in [1.807, 2.05) is 6.07 Å². The highest BCUT2D eigenvalue weighted by Crippen LogP contribution is 2.31. The average Bonchev–Trinajstić information content (AvgIpc) is 3.27. The molecule has 0 bridgehead atoms. The van der Waals surface area contributed by atoms with Crippen LogP contribution < -0.4 is 5.32 Å². The Labute approximate surface area is 180 Å². The van der Waals surface area contributed by atoms with Gasteiger partial charge in [-0.25, -0.2) is 9.37 Å². The molecule has 0 saturated carbocycles. The molecule has 1 saturated heterocycles. The maximum atomic E-state index is 13.1. The van der Waals surface area contributed by atoms with Gasteiger partial charge in [-0.15, -0.1) is 0 Å². The summed E-state index contributed by atoms with van der Waals surface area (Å²) in [7, 11) is 0. The number of oxazole rings is 1. The molecule has 3 aromatic rings. The van der Waals surface area contributed by atoms with E-state index in [4.69, 9.17) is 4.42 Å². The Morgan fingerprint density at radius 3 is 2.65 bits per heavy atom. The zero-order chi connectivity index (χ0) is 21.6. The van der Waals surface area contributed by atoms with Crippen molar-refractivity contribution in [2.45, 2.75) is 31.7 Å². The lowest BCUT2D eigenvalue weighted by atomic mass is 10.0. The van der Waals surface area contributed by atoms with Crippen LogP contribution in [0.15, 0.2) is 65.2 Å². The highest BCUT2D eigenvalue weighted by molar-refractivity contribution is 5.96. The van der Waals surface area contributed by atoms with Gasteiger partial charge in [0.2, 0.25) is 11.8 Å². The Bertz CT molecular complexity index is 1030. The Balaban J connectivity index is 1.40. The molecular weight excluding hydrogens is 397 g/mol. The second-order valence-electron chi connectivity index (χ2n) is 7.62.